The third-order valence-electron chi connectivity index (χ3n) is 8.11. The van der Waals surface area contributed by atoms with E-state index in [0.29, 0.717) is 19.6 Å². The second kappa shape index (κ2) is 18.2. The fourth-order valence-corrected chi connectivity index (χ4v) is 5.80. The van der Waals surface area contributed by atoms with Crippen LogP contribution in [0.2, 0.25) is 0 Å². The van der Waals surface area contributed by atoms with Gasteiger partial charge in [-0.1, -0.05) is 62.3 Å². The van der Waals surface area contributed by atoms with E-state index in [2.05, 4.69) is 36.7 Å². The van der Waals surface area contributed by atoms with Crippen molar-refractivity contribution in [1.29, 1.82) is 0 Å². The summed E-state index contributed by atoms with van der Waals surface area (Å²) in [6.45, 7) is 19.9. The predicted octanol–water partition coefficient (Wildman–Crippen LogP) is 4.24. The first-order valence-corrected chi connectivity index (χ1v) is 15.4. The van der Waals surface area contributed by atoms with Crippen LogP contribution < -0.4 is 16.0 Å². The first-order chi connectivity index (χ1) is 19.8. The Hall–Kier alpha value is -2.49. The zero-order chi connectivity index (χ0) is 32.1. The molecule has 0 saturated heterocycles. The van der Waals surface area contributed by atoms with E-state index in [4.69, 9.17) is 14.2 Å². The van der Waals surface area contributed by atoms with Crippen LogP contribution in [0.1, 0.15) is 95.7 Å². The lowest BCUT2D eigenvalue weighted by Gasteiger charge is -2.30. The molecule has 0 saturated carbocycles. The van der Waals surface area contributed by atoms with Crippen molar-refractivity contribution in [1.82, 2.24) is 16.0 Å². The molecule has 0 amide bonds. The van der Waals surface area contributed by atoms with E-state index in [9.17, 15) is 14.4 Å². The number of esters is 3. The minimum Gasteiger partial charge on any atom is -0.468 e. The molecule has 0 aromatic heterocycles. The lowest BCUT2D eigenvalue weighted by molar-refractivity contribution is -0.145. The number of ether oxygens (including phenoxy) is 3. The van der Waals surface area contributed by atoms with E-state index in [0.717, 1.165) is 36.0 Å². The highest BCUT2D eigenvalue weighted by atomic mass is 16.5. The minimum absolute atomic E-state index is 0.0449. The molecule has 1 aromatic rings. The summed E-state index contributed by atoms with van der Waals surface area (Å²) in [4.78, 5) is 37.8. The third-order valence-corrected chi connectivity index (χ3v) is 8.11. The number of hydrogen-bond acceptors (Lipinski definition) is 9. The third kappa shape index (κ3) is 9.51. The molecule has 0 bridgehead atoms. The molecule has 240 valence electrons. The summed E-state index contributed by atoms with van der Waals surface area (Å²) in [5.74, 6) is -0.724. The van der Waals surface area contributed by atoms with E-state index in [-0.39, 0.29) is 35.7 Å². The summed E-state index contributed by atoms with van der Waals surface area (Å²) in [5.41, 5.74) is 7.08. The first kappa shape index (κ1) is 37.5. The van der Waals surface area contributed by atoms with Crippen LogP contribution in [0, 0.1) is 17.8 Å². The monoisotopic (exact) mass is 591 g/mol. The van der Waals surface area contributed by atoms with E-state index in [1.807, 2.05) is 41.5 Å². The minimum atomic E-state index is -0.451. The van der Waals surface area contributed by atoms with Gasteiger partial charge in [-0.3, -0.25) is 14.4 Å². The highest BCUT2D eigenvalue weighted by Crippen LogP contribution is 2.31. The number of benzene rings is 1. The Labute approximate surface area is 254 Å². The lowest BCUT2D eigenvalue weighted by atomic mass is 9.82. The fourth-order valence-electron chi connectivity index (χ4n) is 5.80. The largest absolute Gasteiger partial charge is 0.468 e. The first-order valence-electron chi connectivity index (χ1n) is 15.4. The maximum Gasteiger partial charge on any atom is 0.323 e. The molecule has 0 aliphatic carbocycles. The van der Waals surface area contributed by atoms with Crippen molar-refractivity contribution in [3.8, 4) is 0 Å². The van der Waals surface area contributed by atoms with Crippen LogP contribution in [-0.2, 0) is 67.5 Å². The van der Waals surface area contributed by atoms with E-state index in [1.165, 1.54) is 38.0 Å². The van der Waals surface area contributed by atoms with E-state index in [1.54, 1.807) is 0 Å². The predicted molar refractivity (Wildman–Crippen MR) is 167 cm³/mol. The molecule has 1 rings (SSSR count). The molecule has 0 heterocycles. The van der Waals surface area contributed by atoms with Crippen LogP contribution >= 0.6 is 0 Å². The molecule has 9 heteroatoms. The molecule has 0 aliphatic rings. The molecule has 0 fully saturated rings. The molecular formula is C33H57N3O6. The van der Waals surface area contributed by atoms with E-state index >= 15 is 0 Å². The molecule has 9 nitrogen and oxygen atoms in total. The normalized spacial score (nSPS) is 13.8. The average Bonchev–Trinajstić information content (AvgIpc) is 2.95. The molecule has 1 aromatic carbocycles. The van der Waals surface area contributed by atoms with Gasteiger partial charge in [0, 0.05) is 19.6 Å². The van der Waals surface area contributed by atoms with Crippen LogP contribution in [-0.4, -0.2) is 57.4 Å². The van der Waals surface area contributed by atoms with Crippen molar-refractivity contribution in [2.24, 2.45) is 17.8 Å². The molecule has 0 unspecified atom stereocenters. The second-order valence-corrected chi connectivity index (χ2v) is 11.8. The van der Waals surface area contributed by atoms with Gasteiger partial charge in [0.05, 0.1) is 21.3 Å². The van der Waals surface area contributed by atoms with Gasteiger partial charge in [0.15, 0.2) is 0 Å². The fraction of sp³-hybridized carbons (Fsp3) is 0.727. The Bertz CT molecular complexity index is 888. The molecule has 0 aliphatic heterocycles. The van der Waals surface area contributed by atoms with Gasteiger partial charge in [0.1, 0.15) is 18.1 Å². The van der Waals surface area contributed by atoms with Crippen LogP contribution in [0.5, 0.6) is 0 Å². The topological polar surface area (TPSA) is 115 Å². The summed E-state index contributed by atoms with van der Waals surface area (Å²) >= 11 is 0. The number of hydrogen-bond donors (Lipinski definition) is 3. The van der Waals surface area contributed by atoms with Gasteiger partial charge < -0.3 is 30.2 Å². The Balaban J connectivity index is 3.85. The molecule has 3 atom stereocenters. The smallest absolute Gasteiger partial charge is 0.323 e. The van der Waals surface area contributed by atoms with Crippen molar-refractivity contribution in [3.05, 3.63) is 33.4 Å². The van der Waals surface area contributed by atoms with Crippen LogP contribution in [0.15, 0.2) is 0 Å². The van der Waals surface area contributed by atoms with E-state index < -0.39 is 18.1 Å². The summed E-state index contributed by atoms with van der Waals surface area (Å²) < 4.78 is 15.3. The standard InChI is InChI=1S/C33H57N3O6/c1-13-22-25(16-34-28(19(4)5)31(37)40-10)23(14-2)27(18-36-30(21(8)9)33(39)42-12)24(15-3)26(22)17-35-29(20(6)7)32(38)41-11/h19-21,28-30,34-36H,13-18H2,1-12H3/t28-,29-,30-/m0/s1. The van der Waals surface area contributed by atoms with Crippen molar-refractivity contribution in [2.45, 2.75) is 119 Å². The molecule has 0 spiro atoms. The Kier molecular flexibility index (Phi) is 16.3. The summed E-state index contributed by atoms with van der Waals surface area (Å²) in [7, 11) is 4.24. The number of carbonyl (C=O) groups excluding carboxylic acids is 3. The second-order valence-electron chi connectivity index (χ2n) is 11.8. The highest BCUT2D eigenvalue weighted by molar-refractivity contribution is 5.77. The summed E-state index contributed by atoms with van der Waals surface area (Å²) in [6.07, 6.45) is 2.36. The van der Waals surface area contributed by atoms with Crippen LogP contribution in [0.4, 0.5) is 0 Å². The van der Waals surface area contributed by atoms with Gasteiger partial charge in [0.2, 0.25) is 0 Å². The number of nitrogens with one attached hydrogen (secondary N) is 3. The van der Waals surface area contributed by atoms with Gasteiger partial charge in [-0.05, 0) is 70.4 Å². The number of carbonyl (C=O) groups is 3. The van der Waals surface area contributed by atoms with Crippen molar-refractivity contribution >= 4 is 17.9 Å². The number of rotatable bonds is 18. The molecule has 0 radical (unpaired) electrons. The average molecular weight is 592 g/mol. The van der Waals surface area contributed by atoms with Gasteiger partial charge >= 0.3 is 17.9 Å². The molecule has 42 heavy (non-hydrogen) atoms. The number of methoxy groups -OCH3 is 3. The van der Waals surface area contributed by atoms with Crippen LogP contribution in [0.25, 0.3) is 0 Å². The highest BCUT2D eigenvalue weighted by Gasteiger charge is 2.29. The summed E-state index contributed by atoms with van der Waals surface area (Å²) in [6, 6.07) is -1.35. The van der Waals surface area contributed by atoms with Crippen molar-refractivity contribution in [2.75, 3.05) is 21.3 Å². The Morgan fingerprint density at radius 1 is 0.476 bits per heavy atom. The molecular weight excluding hydrogens is 534 g/mol. The SMILES string of the molecule is CCc1c(CN[C@H](C(=O)OC)C(C)C)c(CC)c(CN[C@H](C(=O)OC)C(C)C)c(CC)c1CN[C@H](C(=O)OC)C(C)C. The zero-order valence-electron chi connectivity index (χ0n) is 28.2. The van der Waals surface area contributed by atoms with Gasteiger partial charge in [-0.25, -0.2) is 0 Å². The van der Waals surface area contributed by atoms with Gasteiger partial charge in [0.25, 0.3) is 0 Å². The van der Waals surface area contributed by atoms with Gasteiger partial charge in [-0.2, -0.15) is 0 Å². The summed E-state index contributed by atoms with van der Waals surface area (Å²) in [5, 5.41) is 10.5. The lowest BCUT2D eigenvalue weighted by Crippen LogP contribution is -2.43. The Morgan fingerprint density at radius 2 is 0.690 bits per heavy atom. The maximum atomic E-state index is 12.6. The van der Waals surface area contributed by atoms with Gasteiger partial charge in [-0.15, -0.1) is 0 Å². The molecule has 3 N–H and O–H groups in total. The van der Waals surface area contributed by atoms with Crippen molar-refractivity contribution in [3.63, 3.8) is 0 Å². The maximum absolute atomic E-state index is 12.6. The quantitative estimate of drug-likeness (QED) is 0.170. The zero-order valence-corrected chi connectivity index (χ0v) is 28.2. The van der Waals surface area contributed by atoms with Crippen LogP contribution in [0.3, 0.4) is 0 Å². The van der Waals surface area contributed by atoms with Crippen molar-refractivity contribution < 1.29 is 28.6 Å². The Morgan fingerprint density at radius 3 is 0.833 bits per heavy atom.